The molecule has 3 rings (SSSR count). The lowest BCUT2D eigenvalue weighted by Crippen LogP contribution is -2.05. The molecule has 0 saturated heterocycles. The minimum atomic E-state index is -0.994. The third-order valence-corrected chi connectivity index (χ3v) is 3.30. The molecule has 0 fully saturated rings. The minimum absolute atomic E-state index is 0.186. The van der Waals surface area contributed by atoms with Gasteiger partial charge in [-0.25, -0.2) is 14.8 Å². The van der Waals surface area contributed by atoms with Crippen LogP contribution in [-0.2, 0) is 0 Å². The number of para-hydroxylation sites is 2. The first-order valence-corrected chi connectivity index (χ1v) is 7.39. The number of benzene rings is 2. The van der Waals surface area contributed by atoms with Gasteiger partial charge >= 0.3 is 5.97 Å². The molecule has 0 aliphatic carbocycles. The average Bonchev–Trinajstić information content (AvgIpc) is 2.55. The summed E-state index contributed by atoms with van der Waals surface area (Å²) in [5.41, 5.74) is 1.58. The molecule has 120 valence electrons. The van der Waals surface area contributed by atoms with Crippen LogP contribution in [0.3, 0.4) is 0 Å². The van der Waals surface area contributed by atoms with Gasteiger partial charge in [0, 0.05) is 11.8 Å². The second-order valence-electron chi connectivity index (χ2n) is 5.15. The highest BCUT2D eigenvalue weighted by molar-refractivity contribution is 5.95. The molecule has 0 atom stereocenters. The zero-order valence-corrected chi connectivity index (χ0v) is 13.0. The monoisotopic (exact) mass is 320 g/mol. The van der Waals surface area contributed by atoms with Crippen LogP contribution in [0.2, 0.25) is 0 Å². The molecule has 0 radical (unpaired) electrons. The summed E-state index contributed by atoms with van der Waals surface area (Å²) in [6.07, 6.45) is 0. The van der Waals surface area contributed by atoms with E-state index in [1.54, 1.807) is 37.3 Å². The maximum absolute atomic E-state index is 11.3. The Morgan fingerprint density at radius 2 is 1.54 bits per heavy atom. The summed E-state index contributed by atoms with van der Waals surface area (Å²) in [5, 5.41) is 15.5. The summed E-state index contributed by atoms with van der Waals surface area (Å²) in [5.74, 6) is 0.733. The Morgan fingerprint density at radius 1 is 0.917 bits per heavy atom. The maximum atomic E-state index is 11.3. The van der Waals surface area contributed by atoms with Crippen molar-refractivity contribution in [3.05, 3.63) is 72.1 Å². The summed E-state index contributed by atoms with van der Waals surface area (Å²) in [6.45, 7) is 1.78. The van der Waals surface area contributed by atoms with Gasteiger partial charge in [-0.1, -0.05) is 30.3 Å². The smallest absolute Gasteiger partial charge is 0.337 e. The second kappa shape index (κ2) is 6.78. The van der Waals surface area contributed by atoms with Crippen molar-refractivity contribution in [1.29, 1.82) is 0 Å². The molecular formula is C18H16N4O2. The van der Waals surface area contributed by atoms with Crippen LogP contribution in [-0.4, -0.2) is 21.0 Å². The molecule has 3 aromatic rings. The van der Waals surface area contributed by atoms with Crippen molar-refractivity contribution in [2.45, 2.75) is 6.92 Å². The summed E-state index contributed by atoms with van der Waals surface area (Å²) in [4.78, 5) is 20.0. The fraction of sp³-hybridized carbons (Fsp3) is 0.0556. The molecule has 6 nitrogen and oxygen atoms in total. The van der Waals surface area contributed by atoms with Crippen LogP contribution < -0.4 is 10.6 Å². The molecule has 0 saturated carbocycles. The second-order valence-corrected chi connectivity index (χ2v) is 5.15. The number of aromatic carboxylic acids is 1. The van der Waals surface area contributed by atoms with E-state index in [0.29, 0.717) is 23.1 Å². The number of carboxylic acid groups (broad SMARTS) is 1. The van der Waals surface area contributed by atoms with E-state index >= 15 is 0 Å². The number of carbonyl (C=O) groups is 1. The molecule has 0 unspecified atom stereocenters. The van der Waals surface area contributed by atoms with E-state index in [1.807, 2.05) is 30.3 Å². The average molecular weight is 320 g/mol. The Hall–Kier alpha value is -3.41. The molecule has 0 aliphatic rings. The SMILES string of the molecule is Cc1nc(Nc2ccccc2)cc(Nc2ccccc2C(=O)O)n1. The Kier molecular flexibility index (Phi) is 4.38. The van der Waals surface area contributed by atoms with Crippen LogP contribution >= 0.6 is 0 Å². The summed E-state index contributed by atoms with van der Waals surface area (Å²) < 4.78 is 0. The van der Waals surface area contributed by atoms with Gasteiger partial charge in [-0.2, -0.15) is 0 Å². The van der Waals surface area contributed by atoms with Gasteiger partial charge in [0.05, 0.1) is 11.3 Å². The first-order valence-electron chi connectivity index (χ1n) is 7.39. The quantitative estimate of drug-likeness (QED) is 0.659. The molecular weight excluding hydrogens is 304 g/mol. The number of aromatic nitrogens is 2. The van der Waals surface area contributed by atoms with Crippen molar-refractivity contribution in [2.24, 2.45) is 0 Å². The van der Waals surface area contributed by atoms with Gasteiger partial charge in [0.15, 0.2) is 0 Å². The Morgan fingerprint density at radius 3 is 2.25 bits per heavy atom. The van der Waals surface area contributed by atoms with Gasteiger partial charge in [0.1, 0.15) is 17.5 Å². The van der Waals surface area contributed by atoms with Crippen molar-refractivity contribution in [1.82, 2.24) is 9.97 Å². The zero-order valence-electron chi connectivity index (χ0n) is 13.0. The zero-order chi connectivity index (χ0) is 16.9. The first-order chi connectivity index (χ1) is 11.6. The van der Waals surface area contributed by atoms with E-state index < -0.39 is 5.97 Å². The van der Waals surface area contributed by atoms with Gasteiger partial charge in [0.2, 0.25) is 0 Å². The maximum Gasteiger partial charge on any atom is 0.337 e. The standard InChI is InChI=1S/C18H16N4O2/c1-12-19-16(21-13-7-3-2-4-8-13)11-17(20-12)22-15-10-6-5-9-14(15)18(23)24/h2-11H,1H3,(H,23,24)(H2,19,20,21,22). The van der Waals surface area contributed by atoms with Gasteiger partial charge in [-0.15, -0.1) is 0 Å². The fourth-order valence-electron chi connectivity index (χ4n) is 2.28. The minimum Gasteiger partial charge on any atom is -0.478 e. The lowest BCUT2D eigenvalue weighted by Gasteiger charge is -2.11. The summed E-state index contributed by atoms with van der Waals surface area (Å²) in [7, 11) is 0. The molecule has 0 amide bonds. The number of carboxylic acids is 1. The van der Waals surface area contributed by atoms with E-state index in [0.717, 1.165) is 5.69 Å². The lowest BCUT2D eigenvalue weighted by atomic mass is 10.2. The lowest BCUT2D eigenvalue weighted by molar-refractivity contribution is 0.0698. The first kappa shape index (κ1) is 15.5. The van der Waals surface area contributed by atoms with Crippen LogP contribution in [0, 0.1) is 6.92 Å². The van der Waals surface area contributed by atoms with Crippen molar-refractivity contribution in [3.63, 3.8) is 0 Å². The summed E-state index contributed by atoms with van der Waals surface area (Å²) in [6, 6.07) is 18.1. The number of aryl methyl sites for hydroxylation is 1. The predicted octanol–water partition coefficient (Wildman–Crippen LogP) is 3.97. The van der Waals surface area contributed by atoms with Crippen LogP contribution in [0.25, 0.3) is 0 Å². The number of nitrogens with zero attached hydrogens (tertiary/aromatic N) is 2. The van der Waals surface area contributed by atoms with Crippen molar-refractivity contribution < 1.29 is 9.90 Å². The summed E-state index contributed by atoms with van der Waals surface area (Å²) >= 11 is 0. The highest BCUT2D eigenvalue weighted by atomic mass is 16.4. The molecule has 1 heterocycles. The van der Waals surface area contributed by atoms with Crippen LogP contribution in [0.4, 0.5) is 23.0 Å². The van der Waals surface area contributed by atoms with Crippen molar-refractivity contribution in [3.8, 4) is 0 Å². The van der Waals surface area contributed by atoms with Gasteiger partial charge in [0.25, 0.3) is 0 Å². The molecule has 3 N–H and O–H groups in total. The van der Waals surface area contributed by atoms with E-state index in [9.17, 15) is 9.90 Å². The molecule has 2 aromatic carbocycles. The highest BCUT2D eigenvalue weighted by Gasteiger charge is 2.10. The Balaban J connectivity index is 1.88. The van der Waals surface area contributed by atoms with Crippen molar-refractivity contribution in [2.75, 3.05) is 10.6 Å². The number of hydrogen-bond donors (Lipinski definition) is 3. The third-order valence-electron chi connectivity index (χ3n) is 3.30. The van der Waals surface area contributed by atoms with Crippen LogP contribution in [0.15, 0.2) is 60.7 Å². The predicted molar refractivity (Wildman–Crippen MR) is 93.2 cm³/mol. The highest BCUT2D eigenvalue weighted by Crippen LogP contribution is 2.22. The largest absolute Gasteiger partial charge is 0.478 e. The number of rotatable bonds is 5. The van der Waals surface area contributed by atoms with Crippen LogP contribution in [0.1, 0.15) is 16.2 Å². The molecule has 1 aromatic heterocycles. The Bertz CT molecular complexity index is 866. The molecule has 0 aliphatic heterocycles. The van der Waals surface area contributed by atoms with E-state index in [4.69, 9.17) is 0 Å². The van der Waals surface area contributed by atoms with Gasteiger partial charge in [-0.05, 0) is 31.2 Å². The normalized spacial score (nSPS) is 10.2. The van der Waals surface area contributed by atoms with Gasteiger partial charge in [-0.3, -0.25) is 0 Å². The number of nitrogens with one attached hydrogen (secondary N) is 2. The number of anilines is 4. The Labute approximate surface area is 139 Å². The van der Waals surface area contributed by atoms with Crippen molar-refractivity contribution >= 4 is 29.0 Å². The molecule has 0 bridgehead atoms. The topological polar surface area (TPSA) is 87.1 Å². The van der Waals surface area contributed by atoms with E-state index in [1.165, 1.54) is 0 Å². The number of hydrogen-bond acceptors (Lipinski definition) is 5. The molecule has 6 heteroatoms. The fourth-order valence-corrected chi connectivity index (χ4v) is 2.28. The van der Waals surface area contributed by atoms with E-state index in [-0.39, 0.29) is 5.56 Å². The molecule has 0 spiro atoms. The van der Waals surface area contributed by atoms with E-state index in [2.05, 4.69) is 20.6 Å². The van der Waals surface area contributed by atoms with Crippen LogP contribution in [0.5, 0.6) is 0 Å². The third kappa shape index (κ3) is 3.67. The van der Waals surface area contributed by atoms with Gasteiger partial charge < -0.3 is 15.7 Å². The molecule has 24 heavy (non-hydrogen) atoms.